The van der Waals surface area contributed by atoms with Gasteiger partial charge in [0, 0.05) is 10.6 Å². The predicted octanol–water partition coefficient (Wildman–Crippen LogP) is 7.06. The summed E-state index contributed by atoms with van der Waals surface area (Å²) in [6.45, 7) is 0.397. The molecule has 1 amide bonds. The van der Waals surface area contributed by atoms with E-state index < -0.39 is 5.97 Å². The van der Waals surface area contributed by atoms with Crippen LogP contribution in [0.2, 0.25) is 5.02 Å². The molecule has 0 atom stereocenters. The third kappa shape index (κ3) is 6.69. The Labute approximate surface area is 230 Å². The first-order valence-corrected chi connectivity index (χ1v) is 12.5. The lowest BCUT2D eigenvalue weighted by Crippen LogP contribution is -2.17. The van der Waals surface area contributed by atoms with Crippen LogP contribution in [0.15, 0.2) is 120 Å². The van der Waals surface area contributed by atoms with Crippen molar-refractivity contribution < 1.29 is 19.1 Å². The second-order valence-corrected chi connectivity index (χ2v) is 9.06. The minimum atomic E-state index is -0.429. The van der Waals surface area contributed by atoms with Gasteiger partial charge in [-0.05, 0) is 88.6 Å². The molecule has 1 N–H and O–H groups in total. The Hall–Kier alpha value is -4.94. The molecule has 0 saturated carbocycles. The van der Waals surface area contributed by atoms with E-state index in [-0.39, 0.29) is 5.91 Å². The van der Waals surface area contributed by atoms with Crippen LogP contribution in [0.4, 0.5) is 0 Å². The summed E-state index contributed by atoms with van der Waals surface area (Å²) in [6, 6.07) is 34.2. The summed E-state index contributed by atoms with van der Waals surface area (Å²) in [7, 11) is 0. The zero-order chi connectivity index (χ0) is 27.0. The smallest absolute Gasteiger partial charge is 0.344 e. The highest BCUT2D eigenvalue weighted by Crippen LogP contribution is 2.21. The molecule has 192 valence electrons. The fourth-order valence-electron chi connectivity index (χ4n) is 3.87. The van der Waals surface area contributed by atoms with Crippen LogP contribution in [0.1, 0.15) is 31.8 Å². The Balaban J connectivity index is 1.12. The van der Waals surface area contributed by atoms with E-state index in [9.17, 15) is 9.59 Å². The molecule has 5 aromatic rings. The molecular formula is C32H23ClN2O4. The van der Waals surface area contributed by atoms with E-state index in [0.29, 0.717) is 34.3 Å². The molecule has 5 aromatic carbocycles. The molecule has 0 fully saturated rings. The number of carbonyl (C=O) groups excluding carboxylic acids is 2. The third-order valence-corrected chi connectivity index (χ3v) is 6.17. The Morgan fingerprint density at radius 1 is 0.769 bits per heavy atom. The van der Waals surface area contributed by atoms with Gasteiger partial charge in [-0.1, -0.05) is 60.1 Å². The summed E-state index contributed by atoms with van der Waals surface area (Å²) in [6.07, 6.45) is 1.51. The fraction of sp³-hybridized carbons (Fsp3) is 0.0312. The lowest BCUT2D eigenvalue weighted by Gasteiger charge is -2.07. The molecule has 0 radical (unpaired) electrons. The Morgan fingerprint density at radius 2 is 1.46 bits per heavy atom. The third-order valence-electron chi connectivity index (χ3n) is 5.92. The molecule has 0 aliphatic rings. The Bertz CT molecular complexity index is 1630. The molecule has 5 rings (SSSR count). The maximum atomic E-state index is 12.7. The number of ether oxygens (including phenoxy) is 2. The van der Waals surface area contributed by atoms with Crippen molar-refractivity contribution in [2.75, 3.05) is 0 Å². The molecule has 0 unspecified atom stereocenters. The number of rotatable bonds is 8. The largest absolute Gasteiger partial charge is 0.489 e. The van der Waals surface area contributed by atoms with E-state index in [1.807, 2.05) is 60.7 Å². The minimum Gasteiger partial charge on any atom is -0.489 e. The van der Waals surface area contributed by atoms with Crippen molar-refractivity contribution in [3.63, 3.8) is 0 Å². The first-order chi connectivity index (χ1) is 19.0. The number of fused-ring (bicyclic) bond motifs is 1. The molecule has 0 saturated heterocycles. The number of hydrogen-bond donors (Lipinski definition) is 1. The maximum absolute atomic E-state index is 12.7. The van der Waals surface area contributed by atoms with Crippen LogP contribution in [0.3, 0.4) is 0 Å². The first-order valence-electron chi connectivity index (χ1n) is 12.2. The van der Waals surface area contributed by atoms with Crippen molar-refractivity contribution >= 4 is 40.5 Å². The van der Waals surface area contributed by atoms with Gasteiger partial charge in [0.05, 0.1) is 11.8 Å². The van der Waals surface area contributed by atoms with E-state index in [4.69, 9.17) is 21.1 Å². The second-order valence-electron chi connectivity index (χ2n) is 8.62. The highest BCUT2D eigenvalue weighted by Gasteiger charge is 2.12. The minimum absolute atomic E-state index is 0.351. The average Bonchev–Trinajstić information content (AvgIpc) is 2.97. The molecule has 0 aliphatic heterocycles. The molecule has 6 nitrogen and oxygen atoms in total. The van der Waals surface area contributed by atoms with E-state index in [0.717, 1.165) is 21.9 Å². The number of benzene rings is 5. The summed E-state index contributed by atoms with van der Waals surface area (Å²) in [4.78, 5) is 25.1. The summed E-state index contributed by atoms with van der Waals surface area (Å²) in [5.41, 5.74) is 5.18. The number of amides is 1. The number of nitrogens with one attached hydrogen (secondary N) is 1. The highest BCUT2D eigenvalue weighted by atomic mass is 35.5. The van der Waals surface area contributed by atoms with Crippen molar-refractivity contribution in [1.29, 1.82) is 0 Å². The number of carbonyl (C=O) groups is 2. The van der Waals surface area contributed by atoms with Gasteiger partial charge in [-0.3, -0.25) is 4.79 Å². The van der Waals surface area contributed by atoms with Gasteiger partial charge in [-0.2, -0.15) is 5.10 Å². The lowest BCUT2D eigenvalue weighted by molar-refractivity contribution is 0.0736. The van der Waals surface area contributed by atoms with Crippen LogP contribution in [-0.4, -0.2) is 18.1 Å². The SMILES string of the molecule is O=C(N/N=C\c1ccc(OC(=O)c2cccc3ccccc23)cc1)c1ccc(OCc2ccc(Cl)cc2)cc1. The Kier molecular flexibility index (Phi) is 7.95. The number of nitrogens with zero attached hydrogens (tertiary/aromatic N) is 1. The molecule has 7 heteroatoms. The molecular weight excluding hydrogens is 512 g/mol. The maximum Gasteiger partial charge on any atom is 0.344 e. The van der Waals surface area contributed by atoms with Crippen LogP contribution < -0.4 is 14.9 Å². The van der Waals surface area contributed by atoms with Crippen LogP contribution in [0.25, 0.3) is 10.8 Å². The van der Waals surface area contributed by atoms with Gasteiger partial charge in [0.25, 0.3) is 5.91 Å². The fourth-order valence-corrected chi connectivity index (χ4v) is 3.99. The van der Waals surface area contributed by atoms with Crippen molar-refractivity contribution in [3.05, 3.63) is 143 Å². The van der Waals surface area contributed by atoms with Crippen LogP contribution in [-0.2, 0) is 6.61 Å². The normalized spacial score (nSPS) is 10.9. The zero-order valence-corrected chi connectivity index (χ0v) is 21.5. The van der Waals surface area contributed by atoms with Gasteiger partial charge >= 0.3 is 5.97 Å². The monoisotopic (exact) mass is 534 g/mol. The van der Waals surface area contributed by atoms with Gasteiger partial charge in [0.15, 0.2) is 0 Å². The van der Waals surface area contributed by atoms with Crippen molar-refractivity contribution in [2.24, 2.45) is 5.10 Å². The highest BCUT2D eigenvalue weighted by molar-refractivity contribution is 6.30. The number of hydrogen-bond acceptors (Lipinski definition) is 5. The molecule has 0 aliphatic carbocycles. The summed E-state index contributed by atoms with van der Waals surface area (Å²) < 4.78 is 11.3. The standard InChI is InChI=1S/C32H23ClN2O4/c33-26-14-8-23(9-15-26)21-38-27-18-12-25(13-19-27)31(36)35-34-20-22-10-16-28(17-11-22)39-32(37)30-7-3-5-24-4-1-2-6-29(24)30/h1-20H,21H2,(H,35,36)/b34-20-. The van der Waals surface area contributed by atoms with Crippen LogP contribution >= 0.6 is 11.6 Å². The quantitative estimate of drug-likeness (QED) is 0.100. The van der Waals surface area contributed by atoms with Gasteiger partial charge in [0.1, 0.15) is 18.1 Å². The van der Waals surface area contributed by atoms with Crippen LogP contribution in [0, 0.1) is 0 Å². The average molecular weight is 535 g/mol. The number of halogens is 1. The predicted molar refractivity (Wildman–Crippen MR) is 153 cm³/mol. The van der Waals surface area contributed by atoms with Gasteiger partial charge < -0.3 is 9.47 Å². The second kappa shape index (κ2) is 12.1. The summed E-state index contributed by atoms with van der Waals surface area (Å²) >= 11 is 5.90. The summed E-state index contributed by atoms with van der Waals surface area (Å²) in [5.74, 6) is 0.275. The van der Waals surface area contributed by atoms with E-state index >= 15 is 0 Å². The molecule has 0 heterocycles. The number of esters is 1. The molecule has 39 heavy (non-hydrogen) atoms. The van der Waals surface area contributed by atoms with Crippen LogP contribution in [0.5, 0.6) is 11.5 Å². The summed E-state index contributed by atoms with van der Waals surface area (Å²) in [5, 5.41) is 6.50. The lowest BCUT2D eigenvalue weighted by atomic mass is 10.0. The molecule has 0 aromatic heterocycles. The first kappa shape index (κ1) is 25.7. The van der Waals surface area contributed by atoms with Gasteiger partial charge in [0.2, 0.25) is 0 Å². The van der Waals surface area contributed by atoms with Gasteiger partial charge in [-0.15, -0.1) is 0 Å². The van der Waals surface area contributed by atoms with E-state index in [2.05, 4.69) is 10.5 Å². The molecule has 0 bridgehead atoms. The molecule has 0 spiro atoms. The van der Waals surface area contributed by atoms with Crippen molar-refractivity contribution in [3.8, 4) is 11.5 Å². The topological polar surface area (TPSA) is 77.0 Å². The number of hydrazone groups is 1. The van der Waals surface area contributed by atoms with E-state index in [1.54, 1.807) is 54.6 Å². The van der Waals surface area contributed by atoms with E-state index in [1.165, 1.54) is 6.21 Å². The Morgan fingerprint density at radius 3 is 2.23 bits per heavy atom. The van der Waals surface area contributed by atoms with Crippen molar-refractivity contribution in [1.82, 2.24) is 5.43 Å². The van der Waals surface area contributed by atoms with Crippen molar-refractivity contribution in [2.45, 2.75) is 6.61 Å². The zero-order valence-electron chi connectivity index (χ0n) is 20.7. The van der Waals surface area contributed by atoms with Gasteiger partial charge in [-0.25, -0.2) is 10.2 Å².